The molecule has 0 fully saturated rings. The maximum absolute atomic E-state index is 11.7. The third kappa shape index (κ3) is 13.5. The van der Waals surface area contributed by atoms with Crippen molar-refractivity contribution < 1.29 is 27.7 Å². The second-order valence-electron chi connectivity index (χ2n) is 7.84. The zero-order chi connectivity index (χ0) is 22.1. The summed E-state index contributed by atoms with van der Waals surface area (Å²) in [6.07, 6.45) is 14.4. The van der Waals surface area contributed by atoms with E-state index in [0.29, 0.717) is 12.8 Å². The molecule has 7 heteroatoms. The van der Waals surface area contributed by atoms with Gasteiger partial charge in [-0.2, -0.15) is 0 Å². The molecule has 0 aliphatic heterocycles. The smallest absolute Gasteiger partial charge is 0.455 e. The first-order valence-corrected chi connectivity index (χ1v) is 13.2. The Hall–Kier alpha value is -1.37. The van der Waals surface area contributed by atoms with Crippen LogP contribution in [0.3, 0.4) is 0 Å². The van der Waals surface area contributed by atoms with Gasteiger partial charge in [0.05, 0.1) is 5.54 Å². The molecule has 0 amide bonds. The van der Waals surface area contributed by atoms with Crippen molar-refractivity contribution in [3.63, 3.8) is 0 Å². The number of hydrogen-bond donors (Lipinski definition) is 0. The zero-order valence-electron chi connectivity index (χ0n) is 19.2. The van der Waals surface area contributed by atoms with Gasteiger partial charge in [-0.3, -0.25) is 14.4 Å². The number of unbranched alkanes of at least 4 members (excludes halogenated alkanes) is 9. The first-order valence-electron chi connectivity index (χ1n) is 11.4. The Morgan fingerprint density at radius 3 is 1.31 bits per heavy atom. The highest BCUT2D eigenvalue weighted by atomic mass is 28.4. The molecule has 0 saturated carbocycles. The minimum absolute atomic E-state index is 0.252. The van der Waals surface area contributed by atoms with Gasteiger partial charge >= 0.3 is 8.80 Å². The molecule has 0 aromatic heterocycles. The van der Waals surface area contributed by atoms with Gasteiger partial charge in [-0.25, -0.2) is 0 Å². The summed E-state index contributed by atoms with van der Waals surface area (Å²) >= 11 is 0. The van der Waals surface area contributed by atoms with E-state index in [1.54, 1.807) is 0 Å². The lowest BCUT2D eigenvalue weighted by atomic mass is 10.0. The lowest BCUT2D eigenvalue weighted by molar-refractivity contribution is -0.148. The number of carbonyl (C=O) groups excluding carboxylic acids is 3. The largest absolute Gasteiger partial charge is 0.708 e. The van der Waals surface area contributed by atoms with E-state index in [2.05, 4.69) is 6.92 Å². The lowest BCUT2D eigenvalue weighted by Crippen LogP contribution is -2.53. The van der Waals surface area contributed by atoms with Gasteiger partial charge in [0, 0.05) is 20.8 Å². The van der Waals surface area contributed by atoms with Crippen LogP contribution >= 0.6 is 0 Å². The Morgan fingerprint density at radius 2 is 0.966 bits per heavy atom. The van der Waals surface area contributed by atoms with Crippen molar-refractivity contribution in [1.82, 2.24) is 0 Å². The van der Waals surface area contributed by atoms with Crippen molar-refractivity contribution in [1.29, 1.82) is 0 Å². The average molecular weight is 431 g/mol. The lowest BCUT2D eigenvalue weighted by Gasteiger charge is -2.32. The summed E-state index contributed by atoms with van der Waals surface area (Å²) in [5.41, 5.74) is -0.252. The highest BCUT2D eigenvalue weighted by Crippen LogP contribution is 2.35. The Labute approximate surface area is 178 Å². The summed E-state index contributed by atoms with van der Waals surface area (Å²) in [6.45, 7) is 7.99. The molecule has 1 unspecified atom stereocenters. The van der Waals surface area contributed by atoms with Crippen molar-refractivity contribution in [2.45, 2.75) is 124 Å². The number of carbonyl (C=O) groups is 3. The molecule has 0 aliphatic rings. The van der Waals surface area contributed by atoms with Gasteiger partial charge in [-0.1, -0.05) is 84.5 Å². The molecule has 0 N–H and O–H groups in total. The zero-order valence-corrected chi connectivity index (χ0v) is 20.2. The van der Waals surface area contributed by atoms with Crippen molar-refractivity contribution in [2.24, 2.45) is 0 Å². The first kappa shape index (κ1) is 27.6. The molecule has 29 heavy (non-hydrogen) atoms. The number of rotatable bonds is 17. The minimum atomic E-state index is -3.78. The highest BCUT2D eigenvalue weighted by molar-refractivity contribution is 6.67. The predicted molar refractivity (Wildman–Crippen MR) is 116 cm³/mol. The minimum Gasteiger partial charge on any atom is -0.455 e. The monoisotopic (exact) mass is 430 g/mol. The Kier molecular flexibility index (Phi) is 15.6. The summed E-state index contributed by atoms with van der Waals surface area (Å²) in [6, 6.07) is 0. The van der Waals surface area contributed by atoms with Crippen LogP contribution in [0, 0.1) is 0 Å². The normalized spacial score (nSPS) is 12.3. The summed E-state index contributed by atoms with van der Waals surface area (Å²) in [5.74, 6) is -1.78. The third-order valence-corrected chi connectivity index (χ3v) is 8.19. The van der Waals surface area contributed by atoms with E-state index >= 15 is 0 Å². The van der Waals surface area contributed by atoms with Crippen molar-refractivity contribution >= 4 is 26.7 Å². The molecular weight excluding hydrogens is 388 g/mol. The maximum Gasteiger partial charge on any atom is 0.708 e. The Bertz CT molecular complexity index is 439. The Morgan fingerprint density at radius 1 is 0.586 bits per heavy atom. The van der Waals surface area contributed by atoms with Crippen molar-refractivity contribution in [3.05, 3.63) is 0 Å². The first-order chi connectivity index (χ1) is 13.8. The Balaban J connectivity index is 4.73. The molecular formula is C22H42O6Si. The van der Waals surface area contributed by atoms with Crippen LogP contribution in [0.2, 0.25) is 5.54 Å². The quantitative estimate of drug-likeness (QED) is 0.205. The second kappa shape index (κ2) is 16.4. The van der Waals surface area contributed by atoms with Gasteiger partial charge in [0.2, 0.25) is 0 Å². The predicted octanol–water partition coefficient (Wildman–Crippen LogP) is 6.10. The van der Waals surface area contributed by atoms with Gasteiger partial charge in [0.15, 0.2) is 0 Å². The van der Waals surface area contributed by atoms with Gasteiger partial charge in [0.25, 0.3) is 17.9 Å². The van der Waals surface area contributed by atoms with Gasteiger partial charge in [0.1, 0.15) is 0 Å². The van der Waals surface area contributed by atoms with Gasteiger partial charge in [-0.05, 0) is 12.8 Å². The standard InChI is InChI=1S/C22H42O6Si/c1-6-8-9-10-11-12-13-14-15-16-18-22(17-7-2)29(26-19(3)23,27-20(4)24)28-21(5)25/h22H,6-18H2,1-5H3. The van der Waals surface area contributed by atoms with Gasteiger partial charge < -0.3 is 13.3 Å². The van der Waals surface area contributed by atoms with Crippen LogP contribution < -0.4 is 0 Å². The molecule has 0 spiro atoms. The van der Waals surface area contributed by atoms with Crippen LogP contribution in [0.1, 0.15) is 118 Å². The van der Waals surface area contributed by atoms with Crippen molar-refractivity contribution in [3.8, 4) is 0 Å². The van der Waals surface area contributed by atoms with Crippen LogP contribution in [0.4, 0.5) is 0 Å². The van der Waals surface area contributed by atoms with Gasteiger partial charge in [-0.15, -0.1) is 0 Å². The SMILES string of the molecule is CCCCCCCCCCCCC(CCC)[Si](OC(C)=O)(OC(C)=O)OC(C)=O. The van der Waals surface area contributed by atoms with Crippen LogP contribution in [-0.2, 0) is 27.7 Å². The van der Waals surface area contributed by atoms with E-state index < -0.39 is 26.7 Å². The average Bonchev–Trinajstić information content (AvgIpc) is 2.60. The molecule has 0 aliphatic carbocycles. The fraction of sp³-hybridized carbons (Fsp3) is 0.864. The summed E-state index contributed by atoms with van der Waals surface area (Å²) in [4.78, 5) is 35.1. The van der Waals surface area contributed by atoms with E-state index in [0.717, 1.165) is 25.7 Å². The fourth-order valence-corrected chi connectivity index (χ4v) is 6.66. The van der Waals surface area contributed by atoms with Crippen LogP contribution in [0.25, 0.3) is 0 Å². The summed E-state index contributed by atoms with van der Waals surface area (Å²) in [7, 11) is -3.78. The molecule has 0 radical (unpaired) electrons. The van der Waals surface area contributed by atoms with Crippen molar-refractivity contribution in [2.75, 3.05) is 0 Å². The maximum atomic E-state index is 11.7. The van der Waals surface area contributed by atoms with E-state index in [1.165, 1.54) is 65.7 Å². The van der Waals surface area contributed by atoms with E-state index in [1.807, 2.05) is 6.92 Å². The molecule has 0 bridgehead atoms. The molecule has 0 heterocycles. The highest BCUT2D eigenvalue weighted by Gasteiger charge is 2.58. The molecule has 0 rings (SSSR count). The summed E-state index contributed by atoms with van der Waals surface area (Å²) in [5, 5.41) is 0. The molecule has 170 valence electrons. The van der Waals surface area contributed by atoms with E-state index in [4.69, 9.17) is 13.3 Å². The summed E-state index contributed by atoms with van der Waals surface area (Å²) < 4.78 is 16.3. The fourth-order valence-electron chi connectivity index (χ4n) is 3.64. The molecule has 0 aromatic carbocycles. The van der Waals surface area contributed by atoms with E-state index in [9.17, 15) is 14.4 Å². The molecule has 1 atom stereocenters. The second-order valence-corrected chi connectivity index (χ2v) is 10.5. The number of hydrogen-bond acceptors (Lipinski definition) is 6. The molecule has 0 aromatic rings. The third-order valence-electron chi connectivity index (χ3n) is 4.90. The van der Waals surface area contributed by atoms with Crippen LogP contribution in [-0.4, -0.2) is 26.7 Å². The topological polar surface area (TPSA) is 78.9 Å². The van der Waals surface area contributed by atoms with E-state index in [-0.39, 0.29) is 5.54 Å². The van der Waals surface area contributed by atoms with Crippen LogP contribution in [0.5, 0.6) is 0 Å². The van der Waals surface area contributed by atoms with Crippen LogP contribution in [0.15, 0.2) is 0 Å². The molecule has 6 nitrogen and oxygen atoms in total. The molecule has 0 saturated heterocycles.